The van der Waals surface area contributed by atoms with Crippen LogP contribution in [0.15, 0.2) is 61.2 Å². The van der Waals surface area contributed by atoms with Crippen molar-refractivity contribution in [3.05, 3.63) is 89.9 Å². The van der Waals surface area contributed by atoms with Crippen molar-refractivity contribution in [2.24, 2.45) is 0 Å². The van der Waals surface area contributed by atoms with Crippen molar-refractivity contribution in [1.82, 2.24) is 24.3 Å². The van der Waals surface area contributed by atoms with Crippen LogP contribution >= 0.6 is 0 Å². The summed E-state index contributed by atoms with van der Waals surface area (Å²) < 4.78 is 50.3. The van der Waals surface area contributed by atoms with Gasteiger partial charge in [0.1, 0.15) is 11.4 Å². The summed E-state index contributed by atoms with van der Waals surface area (Å²) in [5.41, 5.74) is 4.19. The molecule has 5 rings (SSSR count). The van der Waals surface area contributed by atoms with Crippen molar-refractivity contribution in [2.75, 3.05) is 7.11 Å². The van der Waals surface area contributed by atoms with Crippen LogP contribution < -0.4 is 4.74 Å². The lowest BCUT2D eigenvalue weighted by molar-refractivity contribution is 0.413. The van der Waals surface area contributed by atoms with Gasteiger partial charge in [-0.1, -0.05) is 6.07 Å². The summed E-state index contributed by atoms with van der Waals surface area (Å²) in [6.45, 7) is 3.67. The minimum atomic E-state index is -1.49. The Morgan fingerprint density at radius 1 is 1.00 bits per heavy atom. The molecule has 172 valence electrons. The molecule has 0 saturated heterocycles. The molecule has 0 N–H and O–H groups in total. The zero-order valence-corrected chi connectivity index (χ0v) is 18.6. The van der Waals surface area contributed by atoms with Gasteiger partial charge in [0.15, 0.2) is 23.3 Å². The lowest BCUT2D eigenvalue weighted by Crippen LogP contribution is -2.11. The highest BCUT2D eigenvalue weighted by atomic mass is 19.2. The maximum Gasteiger partial charge on any atom is 0.194 e. The van der Waals surface area contributed by atoms with Crippen LogP contribution in [0.4, 0.5) is 13.2 Å². The Bertz CT molecular complexity index is 1450. The van der Waals surface area contributed by atoms with Crippen LogP contribution in [-0.4, -0.2) is 31.4 Å². The molecule has 0 amide bonds. The largest absolute Gasteiger partial charge is 0.495 e. The maximum absolute atomic E-state index is 13.8. The van der Waals surface area contributed by atoms with Crippen LogP contribution in [0.5, 0.6) is 5.75 Å². The van der Waals surface area contributed by atoms with Gasteiger partial charge in [0.05, 0.1) is 30.9 Å². The van der Waals surface area contributed by atoms with E-state index in [-0.39, 0.29) is 5.56 Å². The molecule has 2 aromatic carbocycles. The van der Waals surface area contributed by atoms with E-state index in [9.17, 15) is 13.2 Å². The Balaban J connectivity index is 1.53. The highest BCUT2D eigenvalue weighted by Gasteiger charge is 2.23. The average molecular weight is 463 g/mol. The Kier molecular flexibility index (Phi) is 5.31. The van der Waals surface area contributed by atoms with E-state index in [0.717, 1.165) is 34.6 Å². The van der Waals surface area contributed by atoms with E-state index in [0.29, 0.717) is 17.3 Å². The molecule has 0 radical (unpaired) electrons. The monoisotopic (exact) mass is 463 g/mol. The van der Waals surface area contributed by atoms with Crippen LogP contribution in [0, 0.1) is 24.4 Å². The molecule has 0 spiro atoms. The van der Waals surface area contributed by atoms with E-state index in [4.69, 9.17) is 4.74 Å². The molecular weight excluding hydrogens is 443 g/mol. The van der Waals surface area contributed by atoms with E-state index in [1.807, 2.05) is 48.0 Å². The Morgan fingerprint density at radius 3 is 2.44 bits per heavy atom. The predicted octanol–water partition coefficient (Wildman–Crippen LogP) is 5.58. The number of nitrogens with zero attached hydrogens (tertiary/aromatic N) is 5. The molecule has 2 aliphatic heterocycles. The summed E-state index contributed by atoms with van der Waals surface area (Å²) >= 11 is 0. The third-order valence-electron chi connectivity index (χ3n) is 5.84. The van der Waals surface area contributed by atoms with Gasteiger partial charge in [-0.2, -0.15) is 0 Å². The number of hydrogen-bond acceptors (Lipinski definition) is 4. The van der Waals surface area contributed by atoms with Crippen LogP contribution in [-0.2, 0) is 0 Å². The van der Waals surface area contributed by atoms with Gasteiger partial charge in [0.2, 0.25) is 0 Å². The van der Waals surface area contributed by atoms with E-state index < -0.39 is 23.5 Å². The number of halogens is 3. The molecule has 34 heavy (non-hydrogen) atoms. The first kappa shape index (κ1) is 21.7. The fourth-order valence-corrected chi connectivity index (χ4v) is 4.05. The number of aryl methyl sites for hydroxylation is 1. The summed E-state index contributed by atoms with van der Waals surface area (Å²) in [6.07, 6.45) is 5.37. The molecule has 3 aromatic rings. The van der Waals surface area contributed by atoms with Crippen LogP contribution in [0.3, 0.4) is 0 Å². The van der Waals surface area contributed by atoms with Gasteiger partial charge in [-0.3, -0.25) is 0 Å². The number of pyridine rings is 1. The van der Waals surface area contributed by atoms with Crippen molar-refractivity contribution in [3.8, 4) is 34.1 Å². The second-order valence-electron chi connectivity index (χ2n) is 7.98. The quantitative estimate of drug-likeness (QED) is 0.320. The molecule has 0 aliphatic carbocycles. The molecular formula is C25H20F3N5O. The van der Waals surface area contributed by atoms with Gasteiger partial charge in [-0.05, 0) is 55.8 Å². The second-order valence-corrected chi connectivity index (χ2v) is 7.98. The van der Waals surface area contributed by atoms with Crippen molar-refractivity contribution in [1.29, 1.82) is 0 Å². The number of benzene rings is 2. The number of hydrogen-bond donors (Lipinski definition) is 0. The van der Waals surface area contributed by atoms with Crippen molar-refractivity contribution in [3.63, 3.8) is 0 Å². The summed E-state index contributed by atoms with van der Waals surface area (Å²) in [5.74, 6) is -2.78. The van der Waals surface area contributed by atoms with Crippen molar-refractivity contribution < 1.29 is 17.9 Å². The van der Waals surface area contributed by atoms with Gasteiger partial charge in [0, 0.05) is 23.5 Å². The number of aromatic nitrogens is 5. The lowest BCUT2D eigenvalue weighted by atomic mass is 10.0. The van der Waals surface area contributed by atoms with Crippen molar-refractivity contribution in [2.45, 2.75) is 19.9 Å². The number of methoxy groups -OCH3 is 1. The Morgan fingerprint density at radius 2 is 1.76 bits per heavy atom. The highest BCUT2D eigenvalue weighted by Crippen LogP contribution is 2.36. The van der Waals surface area contributed by atoms with Crippen LogP contribution in [0.1, 0.15) is 24.2 Å². The Hall–Kier alpha value is -4.14. The molecule has 0 bridgehead atoms. The molecule has 0 unspecified atom stereocenters. The third-order valence-corrected chi connectivity index (χ3v) is 5.84. The summed E-state index contributed by atoms with van der Waals surface area (Å²) in [7, 11) is 1.60. The van der Waals surface area contributed by atoms with Gasteiger partial charge in [-0.25, -0.2) is 18.2 Å². The molecule has 2 aliphatic rings. The first-order chi connectivity index (χ1) is 16.4. The third kappa shape index (κ3) is 3.59. The fraction of sp³-hybridized carbons (Fsp3) is 0.160. The van der Waals surface area contributed by atoms with Gasteiger partial charge in [-0.15, -0.1) is 10.2 Å². The van der Waals surface area contributed by atoms with Crippen molar-refractivity contribution >= 4 is 0 Å². The normalized spacial score (nSPS) is 12.3. The lowest BCUT2D eigenvalue weighted by Gasteiger charge is -2.20. The number of ether oxygens (including phenoxy) is 1. The molecule has 0 fully saturated rings. The zero-order chi connectivity index (χ0) is 24.0. The topological polar surface area (TPSA) is 57.8 Å². The van der Waals surface area contributed by atoms with Crippen LogP contribution in [0.25, 0.3) is 28.3 Å². The number of rotatable bonds is 5. The summed E-state index contributed by atoms with van der Waals surface area (Å²) in [5, 5.41) is 8.72. The first-order valence-corrected chi connectivity index (χ1v) is 10.5. The zero-order valence-electron chi connectivity index (χ0n) is 18.6. The Labute approximate surface area is 193 Å². The maximum atomic E-state index is 13.8. The fourth-order valence-electron chi connectivity index (χ4n) is 4.05. The van der Waals surface area contributed by atoms with Crippen LogP contribution in [0.2, 0.25) is 0 Å². The highest BCUT2D eigenvalue weighted by molar-refractivity contribution is 5.80. The van der Waals surface area contributed by atoms with E-state index >= 15 is 0 Å². The standard InChI is InChI=1S/C25H20F3N5O/c1-14-12-32(13-29-14)21-7-6-16(11-22(21)34-3)24-18-5-4-8-33(25(18)31-30-24)15(2)17-9-19(26)23(28)20(27)10-17/h4-13,15H,1-3H3/t15-/m1/s1. The number of fused-ring (bicyclic) bond motifs is 1. The summed E-state index contributed by atoms with van der Waals surface area (Å²) in [6, 6.07) is 10.9. The second kappa shape index (κ2) is 8.33. The molecule has 3 heterocycles. The molecule has 0 saturated carbocycles. The SMILES string of the molecule is COc1cc(-c2nnc3n([C@H](C)c4cc(F)c(F)c(F)c4)cccc2-3)ccc1-n1cnc(C)c1. The smallest absolute Gasteiger partial charge is 0.194 e. The molecule has 1 atom stereocenters. The average Bonchev–Trinajstić information content (AvgIpc) is 3.47. The van der Waals surface area contributed by atoms with Gasteiger partial charge in [0.25, 0.3) is 0 Å². The minimum absolute atomic E-state index is 0.278. The predicted molar refractivity (Wildman–Crippen MR) is 121 cm³/mol. The van der Waals surface area contributed by atoms with E-state index in [1.165, 1.54) is 0 Å². The molecule has 9 heteroatoms. The van der Waals surface area contributed by atoms with Gasteiger partial charge < -0.3 is 13.9 Å². The van der Waals surface area contributed by atoms with Gasteiger partial charge >= 0.3 is 0 Å². The molecule has 1 aromatic heterocycles. The first-order valence-electron chi connectivity index (χ1n) is 10.5. The summed E-state index contributed by atoms with van der Waals surface area (Å²) in [4.78, 5) is 4.26. The molecule has 6 nitrogen and oxygen atoms in total. The number of imidazole rings is 1. The van der Waals surface area contributed by atoms with E-state index in [2.05, 4.69) is 15.2 Å². The van der Waals surface area contributed by atoms with E-state index in [1.54, 1.807) is 31.1 Å². The minimum Gasteiger partial charge on any atom is -0.495 e.